The Hall–Kier alpha value is -2.11. The smallest absolute Gasteiger partial charge is 0.244 e. The molecule has 1 N–H and O–H groups in total. The molecule has 0 radical (unpaired) electrons. The zero-order valence-corrected chi connectivity index (χ0v) is 11.9. The van der Waals surface area contributed by atoms with E-state index in [0.717, 1.165) is 18.4 Å². The fourth-order valence-electron chi connectivity index (χ4n) is 2.29. The van der Waals surface area contributed by atoms with Crippen molar-refractivity contribution in [2.24, 2.45) is 7.05 Å². The van der Waals surface area contributed by atoms with E-state index in [1.807, 2.05) is 18.1 Å². The van der Waals surface area contributed by atoms with Crippen LogP contribution in [0.2, 0.25) is 0 Å². The first-order valence-corrected chi connectivity index (χ1v) is 6.77. The van der Waals surface area contributed by atoms with Crippen LogP contribution in [-0.4, -0.2) is 45.6 Å². The van der Waals surface area contributed by atoms with E-state index in [-0.39, 0.29) is 17.9 Å². The Morgan fingerprint density at radius 1 is 1.40 bits per heavy atom. The summed E-state index contributed by atoms with van der Waals surface area (Å²) >= 11 is 0. The van der Waals surface area contributed by atoms with Gasteiger partial charge in [0, 0.05) is 50.9 Å². The Labute approximate surface area is 118 Å². The lowest BCUT2D eigenvalue weighted by molar-refractivity contribution is -0.129. The molecule has 0 aromatic carbocycles. The van der Waals surface area contributed by atoms with Crippen LogP contribution in [0.3, 0.4) is 0 Å². The monoisotopic (exact) mass is 276 g/mol. The molecule has 6 nitrogen and oxygen atoms in total. The van der Waals surface area contributed by atoms with Crippen molar-refractivity contribution >= 4 is 17.9 Å². The van der Waals surface area contributed by atoms with Crippen LogP contribution in [-0.2, 0) is 16.6 Å². The van der Waals surface area contributed by atoms with E-state index in [1.54, 1.807) is 23.9 Å². The first-order chi connectivity index (χ1) is 9.54. The predicted molar refractivity (Wildman–Crippen MR) is 75.7 cm³/mol. The van der Waals surface area contributed by atoms with Gasteiger partial charge in [-0.05, 0) is 18.9 Å². The number of aryl methyl sites for hydroxylation is 1. The molecule has 6 heteroatoms. The third-order valence-electron chi connectivity index (χ3n) is 3.44. The zero-order valence-electron chi connectivity index (χ0n) is 11.9. The van der Waals surface area contributed by atoms with Gasteiger partial charge in [-0.1, -0.05) is 0 Å². The van der Waals surface area contributed by atoms with Crippen molar-refractivity contribution in [3.05, 3.63) is 24.0 Å². The van der Waals surface area contributed by atoms with Gasteiger partial charge >= 0.3 is 0 Å². The molecule has 0 unspecified atom stereocenters. The van der Waals surface area contributed by atoms with Gasteiger partial charge in [0.1, 0.15) is 0 Å². The number of carbonyl (C=O) groups is 2. The second kappa shape index (κ2) is 6.36. The third kappa shape index (κ3) is 3.94. The number of carbonyl (C=O) groups excluding carboxylic acids is 2. The molecule has 2 heterocycles. The molecule has 1 fully saturated rings. The van der Waals surface area contributed by atoms with Gasteiger partial charge in [-0.3, -0.25) is 14.3 Å². The molecule has 0 spiro atoms. The van der Waals surface area contributed by atoms with Crippen LogP contribution in [0.25, 0.3) is 6.08 Å². The molecule has 1 aliphatic rings. The van der Waals surface area contributed by atoms with Crippen molar-refractivity contribution in [1.82, 2.24) is 20.0 Å². The number of hydrogen-bond acceptors (Lipinski definition) is 3. The average molecular weight is 276 g/mol. The molecule has 0 atom stereocenters. The maximum absolute atomic E-state index is 11.8. The lowest BCUT2D eigenvalue weighted by Crippen LogP contribution is -2.45. The fourth-order valence-corrected chi connectivity index (χ4v) is 2.29. The number of amides is 2. The van der Waals surface area contributed by atoms with E-state index < -0.39 is 0 Å². The molecule has 0 aliphatic carbocycles. The summed E-state index contributed by atoms with van der Waals surface area (Å²) in [6.45, 7) is 3.01. The minimum atomic E-state index is -0.102. The van der Waals surface area contributed by atoms with Gasteiger partial charge in [0.05, 0.1) is 6.20 Å². The summed E-state index contributed by atoms with van der Waals surface area (Å²) in [4.78, 5) is 24.8. The third-order valence-corrected chi connectivity index (χ3v) is 3.44. The molecule has 1 aliphatic heterocycles. The van der Waals surface area contributed by atoms with Crippen LogP contribution in [0.15, 0.2) is 18.5 Å². The standard InChI is InChI=1S/C14H20N4O2/c1-11(19)18-7-5-13(6-8-18)16-14(20)4-3-12-9-15-17(2)10-12/h3-4,9-10,13H,5-8H2,1-2H3,(H,16,20)/b4-3+. The van der Waals surface area contributed by atoms with E-state index >= 15 is 0 Å². The molecular weight excluding hydrogens is 256 g/mol. The number of nitrogens with zero attached hydrogens (tertiary/aromatic N) is 3. The Bertz CT molecular complexity index is 513. The first-order valence-electron chi connectivity index (χ1n) is 6.77. The first kappa shape index (κ1) is 14.3. The highest BCUT2D eigenvalue weighted by Crippen LogP contribution is 2.10. The Morgan fingerprint density at radius 2 is 2.10 bits per heavy atom. The quantitative estimate of drug-likeness (QED) is 0.820. The normalized spacial score (nSPS) is 16.6. The minimum Gasteiger partial charge on any atom is -0.350 e. The van der Waals surface area contributed by atoms with Crippen molar-refractivity contribution in [3.8, 4) is 0 Å². The zero-order chi connectivity index (χ0) is 14.5. The maximum Gasteiger partial charge on any atom is 0.244 e. The van der Waals surface area contributed by atoms with E-state index in [1.165, 1.54) is 6.08 Å². The summed E-state index contributed by atoms with van der Waals surface area (Å²) in [7, 11) is 1.83. The largest absolute Gasteiger partial charge is 0.350 e. The van der Waals surface area contributed by atoms with Crippen molar-refractivity contribution < 1.29 is 9.59 Å². The topological polar surface area (TPSA) is 67.2 Å². The number of hydrogen-bond donors (Lipinski definition) is 1. The summed E-state index contributed by atoms with van der Waals surface area (Å²) in [5.74, 6) is 0.00128. The van der Waals surface area contributed by atoms with Crippen LogP contribution in [0.5, 0.6) is 0 Å². The van der Waals surface area contributed by atoms with Gasteiger partial charge in [-0.2, -0.15) is 5.10 Å². The fraction of sp³-hybridized carbons (Fsp3) is 0.500. The minimum absolute atomic E-state index is 0.102. The molecule has 108 valence electrons. The summed E-state index contributed by atoms with van der Waals surface area (Å²) in [5, 5.41) is 7.00. The second-order valence-electron chi connectivity index (χ2n) is 5.07. The van der Waals surface area contributed by atoms with Crippen LogP contribution < -0.4 is 5.32 Å². The van der Waals surface area contributed by atoms with Crippen LogP contribution in [0.1, 0.15) is 25.3 Å². The summed E-state index contributed by atoms with van der Waals surface area (Å²) in [6, 6.07) is 0.150. The van der Waals surface area contributed by atoms with Crippen molar-refractivity contribution in [1.29, 1.82) is 0 Å². The van der Waals surface area contributed by atoms with Crippen LogP contribution in [0, 0.1) is 0 Å². The molecule has 2 amide bonds. The van der Waals surface area contributed by atoms with Crippen LogP contribution >= 0.6 is 0 Å². The second-order valence-corrected chi connectivity index (χ2v) is 5.07. The van der Waals surface area contributed by atoms with Crippen molar-refractivity contribution in [3.63, 3.8) is 0 Å². The van der Waals surface area contributed by atoms with E-state index in [4.69, 9.17) is 0 Å². The predicted octanol–water partition coefficient (Wildman–Crippen LogP) is 0.560. The Kier molecular flexibility index (Phi) is 4.55. The summed E-state index contributed by atoms with van der Waals surface area (Å²) in [6.07, 6.45) is 8.43. The van der Waals surface area contributed by atoms with Crippen molar-refractivity contribution in [2.45, 2.75) is 25.8 Å². The highest BCUT2D eigenvalue weighted by molar-refractivity contribution is 5.91. The lowest BCUT2D eigenvalue weighted by Gasteiger charge is -2.31. The van der Waals surface area contributed by atoms with Crippen molar-refractivity contribution in [2.75, 3.05) is 13.1 Å². The Morgan fingerprint density at radius 3 is 2.65 bits per heavy atom. The van der Waals surface area contributed by atoms with Gasteiger partial charge in [0.15, 0.2) is 0 Å². The number of rotatable bonds is 3. The number of piperidine rings is 1. The molecule has 0 bridgehead atoms. The van der Waals surface area contributed by atoms with E-state index in [0.29, 0.717) is 13.1 Å². The molecule has 20 heavy (non-hydrogen) atoms. The number of aromatic nitrogens is 2. The SMILES string of the molecule is CC(=O)N1CCC(NC(=O)/C=C/c2cnn(C)c2)CC1. The average Bonchev–Trinajstić information content (AvgIpc) is 2.83. The van der Waals surface area contributed by atoms with E-state index in [2.05, 4.69) is 10.4 Å². The lowest BCUT2D eigenvalue weighted by atomic mass is 10.1. The Balaban J connectivity index is 1.78. The van der Waals surface area contributed by atoms with Gasteiger partial charge in [-0.15, -0.1) is 0 Å². The summed E-state index contributed by atoms with van der Waals surface area (Å²) in [5.41, 5.74) is 0.897. The number of likely N-dealkylation sites (tertiary alicyclic amines) is 1. The van der Waals surface area contributed by atoms with Gasteiger partial charge in [0.25, 0.3) is 0 Å². The van der Waals surface area contributed by atoms with E-state index in [9.17, 15) is 9.59 Å². The maximum atomic E-state index is 11.8. The summed E-state index contributed by atoms with van der Waals surface area (Å²) < 4.78 is 1.69. The molecule has 2 rings (SSSR count). The molecule has 1 aromatic heterocycles. The molecule has 0 saturated carbocycles. The molecule has 1 saturated heterocycles. The van der Waals surface area contributed by atoms with Gasteiger partial charge < -0.3 is 10.2 Å². The highest BCUT2D eigenvalue weighted by atomic mass is 16.2. The molecule has 1 aromatic rings. The van der Waals surface area contributed by atoms with Crippen LogP contribution in [0.4, 0.5) is 0 Å². The highest BCUT2D eigenvalue weighted by Gasteiger charge is 2.21. The van der Waals surface area contributed by atoms with Gasteiger partial charge in [0.2, 0.25) is 11.8 Å². The number of nitrogens with one attached hydrogen (secondary N) is 1. The molecular formula is C14H20N4O2. The van der Waals surface area contributed by atoms with Gasteiger partial charge in [-0.25, -0.2) is 0 Å².